The molecule has 1 aromatic carbocycles. The Bertz CT molecular complexity index is 904. The second-order valence-corrected chi connectivity index (χ2v) is 6.50. The lowest BCUT2D eigenvalue weighted by Gasteiger charge is -2.15. The smallest absolute Gasteiger partial charge is 0.243 e. The van der Waals surface area contributed by atoms with E-state index < -0.39 is 0 Å². The number of amides is 1. The highest BCUT2D eigenvalue weighted by atomic mass is 16.2. The number of carbonyl (C=O) groups excluding carboxylic acids is 1. The van der Waals surface area contributed by atoms with E-state index in [1.165, 1.54) is 22.2 Å². The highest BCUT2D eigenvalue weighted by Crippen LogP contribution is 2.26. The number of aryl methyl sites for hydroxylation is 4. The van der Waals surface area contributed by atoms with Crippen LogP contribution >= 0.6 is 0 Å². The van der Waals surface area contributed by atoms with Crippen LogP contribution in [0, 0.1) is 27.7 Å². The van der Waals surface area contributed by atoms with Crippen LogP contribution in [0.5, 0.6) is 0 Å². The van der Waals surface area contributed by atoms with E-state index in [1.807, 2.05) is 24.6 Å². The summed E-state index contributed by atoms with van der Waals surface area (Å²) in [6, 6.07) is 4.04. The molecule has 0 aliphatic rings. The highest BCUT2D eigenvalue weighted by Gasteiger charge is 2.17. The van der Waals surface area contributed by atoms with E-state index in [-0.39, 0.29) is 11.9 Å². The maximum atomic E-state index is 12.5. The summed E-state index contributed by atoms with van der Waals surface area (Å²) in [5, 5.41) is 4.29. The van der Waals surface area contributed by atoms with Crippen LogP contribution in [0.3, 0.4) is 0 Å². The fourth-order valence-electron chi connectivity index (χ4n) is 3.18. The average Bonchev–Trinajstić information content (AvgIpc) is 3.09. The van der Waals surface area contributed by atoms with Gasteiger partial charge in [0.15, 0.2) is 0 Å². The third-order valence-electron chi connectivity index (χ3n) is 4.76. The molecule has 2 heterocycles. The first kappa shape index (κ1) is 16.3. The predicted octanol–water partition coefficient (Wildman–Crippen LogP) is 3.48. The van der Waals surface area contributed by atoms with Gasteiger partial charge in [0.25, 0.3) is 0 Å². The van der Waals surface area contributed by atoms with Crippen LogP contribution in [-0.4, -0.2) is 20.4 Å². The molecule has 1 amide bonds. The number of imidazole rings is 1. The van der Waals surface area contributed by atoms with E-state index in [1.54, 1.807) is 6.20 Å². The van der Waals surface area contributed by atoms with Crippen LogP contribution in [-0.2, 0) is 11.3 Å². The summed E-state index contributed by atoms with van der Waals surface area (Å²) >= 11 is 0. The molecule has 0 aliphatic heterocycles. The van der Waals surface area contributed by atoms with Crippen molar-refractivity contribution in [1.29, 1.82) is 0 Å². The van der Waals surface area contributed by atoms with Crippen molar-refractivity contribution in [2.45, 2.75) is 47.2 Å². The van der Waals surface area contributed by atoms with Gasteiger partial charge in [-0.1, -0.05) is 11.6 Å². The standard InChI is InChI=1S/C19H24N4O/c1-11-8-16(18-17(9-11)12(2)13(3)22-18)10-21-19(24)14(4)23-7-6-20-15(23)5/h6-9,14,22H,10H2,1-5H3,(H,21,24)/t14-/m0/s1. The number of H-pyrrole nitrogens is 1. The van der Waals surface area contributed by atoms with Crippen molar-refractivity contribution in [2.75, 3.05) is 0 Å². The van der Waals surface area contributed by atoms with Crippen molar-refractivity contribution in [3.63, 3.8) is 0 Å². The quantitative estimate of drug-likeness (QED) is 0.772. The Morgan fingerprint density at radius 1 is 1.29 bits per heavy atom. The molecule has 5 heteroatoms. The molecule has 5 nitrogen and oxygen atoms in total. The molecule has 0 saturated carbocycles. The van der Waals surface area contributed by atoms with Crippen LogP contribution in [0.15, 0.2) is 24.5 Å². The summed E-state index contributed by atoms with van der Waals surface area (Å²) in [7, 11) is 0. The first-order valence-corrected chi connectivity index (χ1v) is 8.24. The molecular formula is C19H24N4O. The van der Waals surface area contributed by atoms with Gasteiger partial charge in [0.05, 0.1) is 5.52 Å². The topological polar surface area (TPSA) is 62.7 Å². The van der Waals surface area contributed by atoms with E-state index in [0.717, 1.165) is 16.9 Å². The van der Waals surface area contributed by atoms with E-state index in [4.69, 9.17) is 0 Å². The van der Waals surface area contributed by atoms with Crippen molar-refractivity contribution in [2.24, 2.45) is 0 Å². The van der Waals surface area contributed by atoms with E-state index in [0.29, 0.717) is 6.54 Å². The van der Waals surface area contributed by atoms with Crippen molar-refractivity contribution in [1.82, 2.24) is 19.9 Å². The molecule has 0 radical (unpaired) electrons. The van der Waals surface area contributed by atoms with Gasteiger partial charge < -0.3 is 14.9 Å². The zero-order valence-corrected chi connectivity index (χ0v) is 14.9. The van der Waals surface area contributed by atoms with Crippen LogP contribution < -0.4 is 5.32 Å². The van der Waals surface area contributed by atoms with Gasteiger partial charge in [-0.15, -0.1) is 0 Å². The highest BCUT2D eigenvalue weighted by molar-refractivity contribution is 5.88. The number of rotatable bonds is 4. The molecule has 1 atom stereocenters. The Morgan fingerprint density at radius 2 is 2.04 bits per heavy atom. The van der Waals surface area contributed by atoms with Crippen molar-refractivity contribution in [3.05, 3.63) is 52.7 Å². The molecule has 3 rings (SSSR count). The number of aromatic amines is 1. The molecule has 24 heavy (non-hydrogen) atoms. The van der Waals surface area contributed by atoms with Gasteiger partial charge in [-0.2, -0.15) is 0 Å². The number of nitrogens with zero attached hydrogens (tertiary/aromatic N) is 2. The molecule has 0 spiro atoms. The number of nitrogens with one attached hydrogen (secondary N) is 2. The molecule has 0 aliphatic carbocycles. The van der Waals surface area contributed by atoms with Crippen molar-refractivity contribution in [3.8, 4) is 0 Å². The maximum absolute atomic E-state index is 12.5. The third-order valence-corrected chi connectivity index (χ3v) is 4.76. The lowest BCUT2D eigenvalue weighted by atomic mass is 10.0. The first-order valence-electron chi connectivity index (χ1n) is 8.24. The second kappa shape index (κ2) is 6.15. The number of fused-ring (bicyclic) bond motifs is 1. The van der Waals surface area contributed by atoms with Crippen LogP contribution in [0.1, 0.15) is 41.2 Å². The summed E-state index contributed by atoms with van der Waals surface area (Å²) < 4.78 is 1.88. The predicted molar refractivity (Wildman–Crippen MR) is 96.0 cm³/mol. The molecule has 3 aromatic rings. The monoisotopic (exact) mass is 324 g/mol. The van der Waals surface area contributed by atoms with Gasteiger partial charge >= 0.3 is 0 Å². The van der Waals surface area contributed by atoms with Crippen molar-refractivity contribution >= 4 is 16.8 Å². The molecule has 2 aromatic heterocycles. The average molecular weight is 324 g/mol. The largest absolute Gasteiger partial charge is 0.358 e. The zero-order chi connectivity index (χ0) is 17.4. The number of hydrogen-bond acceptors (Lipinski definition) is 2. The number of hydrogen-bond donors (Lipinski definition) is 2. The normalized spacial score (nSPS) is 12.5. The van der Waals surface area contributed by atoms with E-state index in [9.17, 15) is 4.79 Å². The number of benzene rings is 1. The molecule has 0 bridgehead atoms. The molecule has 0 unspecified atom stereocenters. The van der Waals surface area contributed by atoms with Crippen LogP contribution in [0.25, 0.3) is 10.9 Å². The summed E-state index contributed by atoms with van der Waals surface area (Å²) in [6.07, 6.45) is 3.55. The Hall–Kier alpha value is -2.56. The Morgan fingerprint density at radius 3 is 2.71 bits per heavy atom. The minimum Gasteiger partial charge on any atom is -0.358 e. The third kappa shape index (κ3) is 2.82. The second-order valence-electron chi connectivity index (χ2n) is 6.50. The Kier molecular flexibility index (Phi) is 4.18. The van der Waals surface area contributed by atoms with Gasteiger partial charge in [-0.05, 0) is 51.8 Å². The first-order chi connectivity index (χ1) is 11.4. The molecule has 0 saturated heterocycles. The van der Waals surface area contributed by atoms with Crippen LogP contribution in [0.4, 0.5) is 0 Å². The minimum atomic E-state index is -0.278. The molecular weight excluding hydrogens is 300 g/mol. The SMILES string of the molecule is Cc1cc(CNC(=O)[C@H](C)n2ccnc2C)c2[nH]c(C)c(C)c2c1. The van der Waals surface area contributed by atoms with Gasteiger partial charge in [-0.3, -0.25) is 4.79 Å². The van der Waals surface area contributed by atoms with Gasteiger partial charge in [0.2, 0.25) is 5.91 Å². The number of aromatic nitrogens is 3. The molecule has 126 valence electrons. The minimum absolute atomic E-state index is 0.00856. The van der Waals surface area contributed by atoms with Gasteiger partial charge in [-0.25, -0.2) is 4.98 Å². The van der Waals surface area contributed by atoms with Gasteiger partial charge in [0.1, 0.15) is 11.9 Å². The fraction of sp³-hybridized carbons (Fsp3) is 0.368. The molecule has 0 fully saturated rings. The zero-order valence-electron chi connectivity index (χ0n) is 14.9. The lowest BCUT2D eigenvalue weighted by molar-refractivity contribution is -0.124. The lowest BCUT2D eigenvalue weighted by Crippen LogP contribution is -2.30. The van der Waals surface area contributed by atoms with Gasteiger partial charge in [0, 0.05) is 30.0 Å². The Labute approximate surface area is 142 Å². The van der Waals surface area contributed by atoms with E-state index in [2.05, 4.69) is 48.2 Å². The summed E-state index contributed by atoms with van der Waals surface area (Å²) in [5.41, 5.74) is 5.87. The summed E-state index contributed by atoms with van der Waals surface area (Å²) in [5.74, 6) is 0.831. The number of carbonyl (C=O) groups is 1. The molecule has 2 N–H and O–H groups in total. The summed E-state index contributed by atoms with van der Waals surface area (Å²) in [6.45, 7) is 10.6. The van der Waals surface area contributed by atoms with Crippen molar-refractivity contribution < 1.29 is 4.79 Å². The maximum Gasteiger partial charge on any atom is 0.243 e. The Balaban J connectivity index is 1.82. The fourth-order valence-corrected chi connectivity index (χ4v) is 3.18. The van der Waals surface area contributed by atoms with E-state index >= 15 is 0 Å². The summed E-state index contributed by atoms with van der Waals surface area (Å²) in [4.78, 5) is 20.1. The van der Waals surface area contributed by atoms with Crippen LogP contribution in [0.2, 0.25) is 0 Å².